The van der Waals surface area contributed by atoms with Crippen molar-refractivity contribution in [2.75, 3.05) is 32.0 Å². The second-order valence-electron chi connectivity index (χ2n) is 6.21. The topological polar surface area (TPSA) is 31.4 Å². The van der Waals surface area contributed by atoms with Gasteiger partial charge in [-0.25, -0.2) is 0 Å². The Balaban J connectivity index is 1.67. The van der Waals surface area contributed by atoms with Crippen LogP contribution in [-0.4, -0.2) is 53.5 Å². The summed E-state index contributed by atoms with van der Waals surface area (Å²) in [5, 5.41) is 3.19. The summed E-state index contributed by atoms with van der Waals surface area (Å²) in [6.45, 7) is 7.05. The van der Waals surface area contributed by atoms with E-state index in [0.717, 1.165) is 18.3 Å². The number of nitrogens with one attached hydrogen (secondary N) is 1. The van der Waals surface area contributed by atoms with Gasteiger partial charge in [0.25, 0.3) is 0 Å². The van der Waals surface area contributed by atoms with Crippen LogP contribution in [0.1, 0.15) is 31.9 Å². The van der Waals surface area contributed by atoms with Gasteiger partial charge in [-0.15, -0.1) is 0 Å². The third-order valence-electron chi connectivity index (χ3n) is 4.79. The molecule has 0 spiro atoms. The third-order valence-corrected chi connectivity index (χ3v) is 4.79. The van der Waals surface area contributed by atoms with Crippen molar-refractivity contribution < 1.29 is 0 Å². The van der Waals surface area contributed by atoms with E-state index in [1.165, 1.54) is 44.6 Å². The number of piperazine rings is 1. The van der Waals surface area contributed by atoms with Crippen LogP contribution in [-0.2, 0) is 6.54 Å². The maximum atomic E-state index is 4.52. The number of fused-ring (bicyclic) bond motifs is 1. The SMILES string of the molecule is CNc1ccnc(CN2CC3CCCCN3CC2C)c1. The number of hydrogen-bond donors (Lipinski definition) is 1. The van der Waals surface area contributed by atoms with Gasteiger partial charge in [-0.3, -0.25) is 14.8 Å². The molecule has 110 valence electrons. The highest BCUT2D eigenvalue weighted by Crippen LogP contribution is 2.25. The van der Waals surface area contributed by atoms with E-state index >= 15 is 0 Å². The van der Waals surface area contributed by atoms with E-state index in [9.17, 15) is 0 Å². The Morgan fingerprint density at radius 2 is 2.25 bits per heavy atom. The molecule has 1 aromatic rings. The molecule has 20 heavy (non-hydrogen) atoms. The molecule has 2 unspecified atom stereocenters. The van der Waals surface area contributed by atoms with Crippen LogP contribution in [0.2, 0.25) is 0 Å². The zero-order valence-corrected chi connectivity index (χ0v) is 12.7. The first kappa shape index (κ1) is 13.8. The fourth-order valence-electron chi connectivity index (χ4n) is 3.56. The predicted octanol–water partition coefficient (Wildman–Crippen LogP) is 2.18. The summed E-state index contributed by atoms with van der Waals surface area (Å²) in [4.78, 5) is 9.83. The van der Waals surface area contributed by atoms with Crippen molar-refractivity contribution in [3.05, 3.63) is 24.0 Å². The van der Waals surface area contributed by atoms with Gasteiger partial charge in [-0.05, 0) is 38.4 Å². The van der Waals surface area contributed by atoms with Crippen LogP contribution in [0.3, 0.4) is 0 Å². The number of piperidine rings is 1. The number of nitrogens with zero attached hydrogens (tertiary/aromatic N) is 3. The van der Waals surface area contributed by atoms with Crippen LogP contribution < -0.4 is 5.32 Å². The van der Waals surface area contributed by atoms with E-state index in [0.29, 0.717) is 6.04 Å². The van der Waals surface area contributed by atoms with Crippen molar-refractivity contribution in [3.63, 3.8) is 0 Å². The molecule has 2 fully saturated rings. The zero-order chi connectivity index (χ0) is 13.9. The lowest BCUT2D eigenvalue weighted by molar-refractivity contribution is 0.0105. The van der Waals surface area contributed by atoms with Crippen LogP contribution in [0.25, 0.3) is 0 Å². The van der Waals surface area contributed by atoms with Gasteiger partial charge in [0.1, 0.15) is 0 Å². The third kappa shape index (κ3) is 2.96. The molecule has 2 aliphatic heterocycles. The Hall–Kier alpha value is -1.13. The van der Waals surface area contributed by atoms with Gasteiger partial charge < -0.3 is 5.32 Å². The lowest BCUT2D eigenvalue weighted by Gasteiger charge is -2.47. The number of anilines is 1. The second kappa shape index (κ2) is 6.10. The molecule has 0 bridgehead atoms. The smallest absolute Gasteiger partial charge is 0.0564 e. The molecule has 1 N–H and O–H groups in total. The van der Waals surface area contributed by atoms with Gasteiger partial charge >= 0.3 is 0 Å². The van der Waals surface area contributed by atoms with Crippen molar-refractivity contribution in [1.29, 1.82) is 0 Å². The normalized spacial score (nSPS) is 28.1. The summed E-state index contributed by atoms with van der Waals surface area (Å²) in [5.74, 6) is 0. The Morgan fingerprint density at radius 3 is 3.10 bits per heavy atom. The molecule has 3 rings (SSSR count). The molecule has 0 amide bonds. The highest BCUT2D eigenvalue weighted by atomic mass is 15.3. The molecule has 3 heterocycles. The Morgan fingerprint density at radius 1 is 1.35 bits per heavy atom. The van der Waals surface area contributed by atoms with Gasteiger partial charge in [0.05, 0.1) is 5.69 Å². The monoisotopic (exact) mass is 274 g/mol. The van der Waals surface area contributed by atoms with Gasteiger partial charge in [-0.1, -0.05) is 6.42 Å². The quantitative estimate of drug-likeness (QED) is 0.915. The van der Waals surface area contributed by atoms with Crippen LogP contribution in [0.15, 0.2) is 18.3 Å². The summed E-state index contributed by atoms with van der Waals surface area (Å²) in [7, 11) is 1.96. The van der Waals surface area contributed by atoms with Crippen LogP contribution in [0, 0.1) is 0 Å². The molecule has 0 aromatic carbocycles. The van der Waals surface area contributed by atoms with E-state index in [1.54, 1.807) is 0 Å². The van der Waals surface area contributed by atoms with Crippen LogP contribution in [0.5, 0.6) is 0 Å². The van der Waals surface area contributed by atoms with Crippen molar-refractivity contribution in [2.45, 2.75) is 44.8 Å². The minimum atomic E-state index is 0.629. The van der Waals surface area contributed by atoms with E-state index in [4.69, 9.17) is 0 Å². The van der Waals surface area contributed by atoms with E-state index in [1.807, 2.05) is 19.3 Å². The highest BCUT2D eigenvalue weighted by molar-refractivity contribution is 5.42. The average molecular weight is 274 g/mol. The average Bonchev–Trinajstić information content (AvgIpc) is 2.48. The Kier molecular flexibility index (Phi) is 4.22. The lowest BCUT2D eigenvalue weighted by Crippen LogP contribution is -2.58. The van der Waals surface area contributed by atoms with Gasteiger partial charge in [0, 0.05) is 50.6 Å². The maximum absolute atomic E-state index is 4.52. The Bertz CT molecular complexity index is 448. The summed E-state index contributed by atoms with van der Waals surface area (Å²) in [5.41, 5.74) is 2.33. The first-order chi connectivity index (χ1) is 9.76. The fraction of sp³-hybridized carbons (Fsp3) is 0.688. The van der Waals surface area contributed by atoms with Crippen molar-refractivity contribution in [3.8, 4) is 0 Å². The van der Waals surface area contributed by atoms with Crippen molar-refractivity contribution in [2.24, 2.45) is 0 Å². The summed E-state index contributed by atoms with van der Waals surface area (Å²) in [6, 6.07) is 5.59. The molecular formula is C16H26N4. The molecule has 0 aliphatic carbocycles. The fourth-order valence-corrected chi connectivity index (χ4v) is 3.56. The molecule has 2 saturated heterocycles. The predicted molar refractivity (Wildman–Crippen MR) is 82.9 cm³/mol. The minimum Gasteiger partial charge on any atom is -0.388 e. The Labute approximate surface area is 122 Å². The zero-order valence-electron chi connectivity index (χ0n) is 12.7. The molecule has 4 nitrogen and oxygen atoms in total. The highest BCUT2D eigenvalue weighted by Gasteiger charge is 2.32. The van der Waals surface area contributed by atoms with E-state index in [2.05, 4.69) is 33.1 Å². The van der Waals surface area contributed by atoms with Gasteiger partial charge in [0.2, 0.25) is 0 Å². The number of hydrogen-bond acceptors (Lipinski definition) is 4. The standard InChI is InChI=1S/C16H26N4/c1-13-10-19-8-4-3-5-16(19)12-20(13)11-15-9-14(17-2)6-7-18-15/h6-7,9,13,16H,3-5,8,10-12H2,1-2H3,(H,17,18). The van der Waals surface area contributed by atoms with Crippen LogP contribution >= 0.6 is 0 Å². The number of aromatic nitrogens is 1. The first-order valence-corrected chi connectivity index (χ1v) is 7.87. The lowest BCUT2D eigenvalue weighted by atomic mass is 9.97. The molecule has 4 heteroatoms. The van der Waals surface area contributed by atoms with Gasteiger partial charge in [0.15, 0.2) is 0 Å². The summed E-state index contributed by atoms with van der Waals surface area (Å²) in [6.07, 6.45) is 6.06. The molecule has 0 saturated carbocycles. The molecule has 0 radical (unpaired) electrons. The van der Waals surface area contributed by atoms with Gasteiger partial charge in [-0.2, -0.15) is 0 Å². The van der Waals surface area contributed by atoms with E-state index in [-0.39, 0.29) is 0 Å². The summed E-state index contributed by atoms with van der Waals surface area (Å²) < 4.78 is 0. The number of rotatable bonds is 3. The van der Waals surface area contributed by atoms with Crippen molar-refractivity contribution in [1.82, 2.24) is 14.8 Å². The minimum absolute atomic E-state index is 0.629. The van der Waals surface area contributed by atoms with Crippen LogP contribution in [0.4, 0.5) is 5.69 Å². The molecule has 2 atom stereocenters. The summed E-state index contributed by atoms with van der Waals surface area (Å²) >= 11 is 0. The first-order valence-electron chi connectivity index (χ1n) is 7.87. The molecular weight excluding hydrogens is 248 g/mol. The number of pyridine rings is 1. The molecule has 2 aliphatic rings. The van der Waals surface area contributed by atoms with Crippen molar-refractivity contribution >= 4 is 5.69 Å². The largest absolute Gasteiger partial charge is 0.388 e. The second-order valence-corrected chi connectivity index (χ2v) is 6.21. The molecule has 1 aromatic heterocycles. The maximum Gasteiger partial charge on any atom is 0.0564 e. The van der Waals surface area contributed by atoms with E-state index < -0.39 is 0 Å².